The van der Waals surface area contributed by atoms with Gasteiger partial charge in [-0.2, -0.15) is 0 Å². The van der Waals surface area contributed by atoms with Gasteiger partial charge in [-0.1, -0.05) is 0 Å². The lowest BCUT2D eigenvalue weighted by atomic mass is 10.00. The van der Waals surface area contributed by atoms with Crippen LogP contribution in [0.3, 0.4) is 0 Å². The van der Waals surface area contributed by atoms with Crippen molar-refractivity contribution in [1.29, 1.82) is 0 Å². The van der Waals surface area contributed by atoms with Gasteiger partial charge in [0.05, 0.1) is 0 Å². The highest BCUT2D eigenvalue weighted by molar-refractivity contribution is 5.37. The molecule has 2 aliphatic rings. The van der Waals surface area contributed by atoms with E-state index in [0.717, 1.165) is 12.8 Å². The summed E-state index contributed by atoms with van der Waals surface area (Å²) in [6.45, 7) is 0. The molecule has 3 rings (SSSR count). The van der Waals surface area contributed by atoms with Gasteiger partial charge in [0, 0.05) is 24.3 Å². The molecule has 0 radical (unpaired) electrons. The molecular weight excluding hydrogens is 205 g/mol. The Hall–Kier alpha value is -1.16. The zero-order valence-corrected chi connectivity index (χ0v) is 9.12. The molecule has 3 nitrogen and oxygen atoms in total. The third-order valence-electron chi connectivity index (χ3n) is 3.57. The van der Waals surface area contributed by atoms with Crippen LogP contribution in [-0.4, -0.2) is 23.1 Å². The first-order valence-electron chi connectivity index (χ1n) is 5.94. The smallest absolute Gasteiger partial charge is 0.165 e. The van der Waals surface area contributed by atoms with Crippen LogP contribution in [0.1, 0.15) is 25.7 Å². The van der Waals surface area contributed by atoms with Gasteiger partial charge in [-0.15, -0.1) is 0 Å². The van der Waals surface area contributed by atoms with Gasteiger partial charge in [0.25, 0.3) is 0 Å². The third kappa shape index (κ3) is 1.89. The van der Waals surface area contributed by atoms with Crippen LogP contribution in [0.25, 0.3) is 0 Å². The molecule has 0 aliphatic carbocycles. The number of rotatable bonds is 2. The third-order valence-corrected chi connectivity index (χ3v) is 3.57. The minimum atomic E-state index is -0.256. The fourth-order valence-corrected chi connectivity index (χ4v) is 2.86. The van der Waals surface area contributed by atoms with Gasteiger partial charge >= 0.3 is 0 Å². The Morgan fingerprint density at radius 1 is 1.31 bits per heavy atom. The quantitative estimate of drug-likeness (QED) is 0.801. The molecule has 0 spiro atoms. The standard InChI is InChI=1S/C12H16FN3/c13-11-2-1-5-14-12(11)16-10-6-8-3-4-9(7-10)15-8/h1-2,5,8-10,15H,3-4,6-7H2,(H,14,16). The molecule has 3 heterocycles. The molecule has 1 aromatic rings. The van der Waals surface area contributed by atoms with Gasteiger partial charge in [0.2, 0.25) is 0 Å². The van der Waals surface area contributed by atoms with Crippen molar-refractivity contribution < 1.29 is 4.39 Å². The van der Waals surface area contributed by atoms with E-state index in [0.29, 0.717) is 23.9 Å². The number of piperidine rings is 1. The molecule has 2 bridgehead atoms. The van der Waals surface area contributed by atoms with Crippen LogP contribution in [0.5, 0.6) is 0 Å². The van der Waals surface area contributed by atoms with Crippen molar-refractivity contribution in [2.45, 2.75) is 43.8 Å². The lowest BCUT2D eigenvalue weighted by Gasteiger charge is -2.30. The average molecular weight is 221 g/mol. The monoisotopic (exact) mass is 221 g/mol. The first-order valence-corrected chi connectivity index (χ1v) is 5.94. The molecule has 2 N–H and O–H groups in total. The summed E-state index contributed by atoms with van der Waals surface area (Å²) < 4.78 is 13.4. The predicted octanol–water partition coefficient (Wildman–Crippen LogP) is 1.92. The number of aromatic nitrogens is 1. The van der Waals surface area contributed by atoms with E-state index >= 15 is 0 Å². The van der Waals surface area contributed by atoms with Crippen LogP contribution in [-0.2, 0) is 0 Å². The maximum Gasteiger partial charge on any atom is 0.165 e. The summed E-state index contributed by atoms with van der Waals surface area (Å²) in [6.07, 6.45) is 6.29. The van der Waals surface area contributed by atoms with E-state index in [1.165, 1.54) is 18.9 Å². The van der Waals surface area contributed by atoms with Crippen LogP contribution in [0, 0.1) is 5.82 Å². The zero-order valence-electron chi connectivity index (χ0n) is 9.12. The molecule has 0 aromatic carbocycles. The SMILES string of the molecule is Fc1cccnc1NC1CC2CCC(C1)N2. The average Bonchev–Trinajstić information content (AvgIpc) is 2.62. The highest BCUT2D eigenvalue weighted by Gasteiger charge is 2.33. The van der Waals surface area contributed by atoms with Gasteiger partial charge in [-0.05, 0) is 37.8 Å². The van der Waals surface area contributed by atoms with Crippen molar-refractivity contribution in [2.24, 2.45) is 0 Å². The fourth-order valence-electron chi connectivity index (χ4n) is 2.86. The van der Waals surface area contributed by atoms with Crippen LogP contribution in [0.4, 0.5) is 10.2 Å². The lowest BCUT2D eigenvalue weighted by molar-refractivity contribution is 0.376. The van der Waals surface area contributed by atoms with E-state index in [-0.39, 0.29) is 5.82 Å². The first kappa shape index (κ1) is 10.0. The van der Waals surface area contributed by atoms with Gasteiger partial charge in [0.15, 0.2) is 11.6 Å². The Labute approximate surface area is 94.5 Å². The Morgan fingerprint density at radius 2 is 2.06 bits per heavy atom. The molecular formula is C12H16FN3. The molecule has 2 atom stereocenters. The molecule has 2 saturated heterocycles. The maximum absolute atomic E-state index is 13.4. The number of nitrogens with zero attached hydrogens (tertiary/aromatic N) is 1. The van der Waals surface area contributed by atoms with Gasteiger partial charge in [-0.25, -0.2) is 9.37 Å². The van der Waals surface area contributed by atoms with E-state index < -0.39 is 0 Å². The first-order chi connectivity index (χ1) is 7.81. The van der Waals surface area contributed by atoms with Crippen molar-refractivity contribution in [3.63, 3.8) is 0 Å². The van der Waals surface area contributed by atoms with E-state index in [4.69, 9.17) is 0 Å². The number of halogens is 1. The van der Waals surface area contributed by atoms with E-state index in [1.54, 1.807) is 12.3 Å². The topological polar surface area (TPSA) is 37.0 Å². The van der Waals surface area contributed by atoms with Crippen LogP contribution in [0.15, 0.2) is 18.3 Å². The van der Waals surface area contributed by atoms with Crippen molar-refractivity contribution in [3.05, 3.63) is 24.1 Å². The second kappa shape index (κ2) is 4.01. The van der Waals surface area contributed by atoms with Crippen LogP contribution < -0.4 is 10.6 Å². The van der Waals surface area contributed by atoms with E-state index in [9.17, 15) is 4.39 Å². The zero-order chi connectivity index (χ0) is 11.0. The summed E-state index contributed by atoms with van der Waals surface area (Å²) in [6, 6.07) is 4.66. The lowest BCUT2D eigenvalue weighted by Crippen LogP contribution is -2.43. The molecule has 86 valence electrons. The normalized spacial score (nSPS) is 32.7. The summed E-state index contributed by atoms with van der Waals surface area (Å²) in [7, 11) is 0. The van der Waals surface area contributed by atoms with Crippen LogP contribution in [0.2, 0.25) is 0 Å². The van der Waals surface area contributed by atoms with Crippen molar-refractivity contribution >= 4 is 5.82 Å². The van der Waals surface area contributed by atoms with E-state index in [1.807, 2.05) is 0 Å². The number of pyridine rings is 1. The van der Waals surface area contributed by atoms with Crippen molar-refractivity contribution in [1.82, 2.24) is 10.3 Å². The molecule has 2 unspecified atom stereocenters. The molecule has 2 aliphatic heterocycles. The Kier molecular flexibility index (Phi) is 2.52. The fraction of sp³-hybridized carbons (Fsp3) is 0.583. The number of fused-ring (bicyclic) bond motifs is 2. The number of hydrogen-bond acceptors (Lipinski definition) is 3. The minimum Gasteiger partial charge on any atom is -0.365 e. The highest BCUT2D eigenvalue weighted by Crippen LogP contribution is 2.28. The molecule has 0 saturated carbocycles. The molecule has 1 aromatic heterocycles. The Morgan fingerprint density at radius 3 is 2.75 bits per heavy atom. The predicted molar refractivity (Wildman–Crippen MR) is 60.8 cm³/mol. The molecule has 0 amide bonds. The summed E-state index contributed by atoms with van der Waals surface area (Å²) in [4.78, 5) is 4.04. The molecule has 2 fully saturated rings. The summed E-state index contributed by atoms with van der Waals surface area (Å²) in [5.74, 6) is 0.141. The van der Waals surface area contributed by atoms with E-state index in [2.05, 4.69) is 15.6 Å². The van der Waals surface area contributed by atoms with Gasteiger partial charge in [0.1, 0.15) is 0 Å². The Balaban J connectivity index is 1.69. The minimum absolute atomic E-state index is 0.256. The van der Waals surface area contributed by atoms with Gasteiger partial charge in [-0.3, -0.25) is 0 Å². The number of hydrogen-bond donors (Lipinski definition) is 2. The Bertz CT molecular complexity index is 370. The summed E-state index contributed by atoms with van der Waals surface area (Å²) in [5, 5.41) is 6.79. The largest absolute Gasteiger partial charge is 0.365 e. The van der Waals surface area contributed by atoms with Crippen molar-refractivity contribution in [2.75, 3.05) is 5.32 Å². The maximum atomic E-state index is 13.4. The number of anilines is 1. The second-order valence-electron chi connectivity index (χ2n) is 4.78. The highest BCUT2D eigenvalue weighted by atomic mass is 19.1. The van der Waals surface area contributed by atoms with Crippen molar-refractivity contribution in [3.8, 4) is 0 Å². The van der Waals surface area contributed by atoms with Gasteiger partial charge < -0.3 is 10.6 Å². The summed E-state index contributed by atoms with van der Waals surface area (Å²) in [5.41, 5.74) is 0. The number of nitrogens with one attached hydrogen (secondary N) is 2. The summed E-state index contributed by atoms with van der Waals surface area (Å²) >= 11 is 0. The molecule has 16 heavy (non-hydrogen) atoms. The second-order valence-corrected chi connectivity index (χ2v) is 4.78. The van der Waals surface area contributed by atoms with Crippen LogP contribution >= 0.6 is 0 Å². The molecule has 4 heteroatoms.